The van der Waals surface area contributed by atoms with Crippen molar-refractivity contribution in [3.8, 4) is 0 Å². The Kier molecular flexibility index (Phi) is 5.80. The number of hydrogen-bond donors (Lipinski definition) is 2. The first kappa shape index (κ1) is 16.8. The number of aliphatic hydroxyl groups excluding tert-OH is 1. The van der Waals surface area contributed by atoms with Gasteiger partial charge in [-0.3, -0.25) is 9.89 Å². The standard InChI is InChI=1S/C14H27N3O3/c1-10(9-18)11(2)16-12-8-17(7-6-15-12)13(19)20-14(3,4)5/h10-11,18H,6-9H2,1-5H3,(H,15,16). The zero-order valence-corrected chi connectivity index (χ0v) is 13.1. The van der Waals surface area contributed by atoms with Crippen LogP contribution in [0.4, 0.5) is 4.79 Å². The minimum Gasteiger partial charge on any atom is -0.444 e. The summed E-state index contributed by atoms with van der Waals surface area (Å²) in [6.07, 6.45) is -0.311. The molecule has 2 N–H and O–H groups in total. The Morgan fingerprint density at radius 1 is 1.50 bits per heavy atom. The van der Waals surface area contributed by atoms with Gasteiger partial charge < -0.3 is 15.2 Å². The number of amides is 1. The van der Waals surface area contributed by atoms with Crippen LogP contribution in [0.1, 0.15) is 34.6 Å². The molecular formula is C14H27N3O3. The lowest BCUT2D eigenvalue weighted by Gasteiger charge is -2.31. The SMILES string of the molecule is CC(CO)C(C)NC1=NCCN(C(=O)OC(C)(C)C)C1. The quantitative estimate of drug-likeness (QED) is 0.818. The molecule has 1 aliphatic rings. The molecule has 0 aromatic rings. The first-order valence-corrected chi connectivity index (χ1v) is 7.11. The molecule has 0 aromatic carbocycles. The van der Waals surface area contributed by atoms with Gasteiger partial charge in [0.1, 0.15) is 11.4 Å². The molecule has 1 aliphatic heterocycles. The number of rotatable bonds is 3. The fourth-order valence-electron chi connectivity index (χ4n) is 1.75. The lowest BCUT2D eigenvalue weighted by atomic mass is 10.1. The molecule has 0 fully saturated rings. The van der Waals surface area contributed by atoms with Gasteiger partial charge in [-0.25, -0.2) is 4.79 Å². The third-order valence-corrected chi connectivity index (χ3v) is 3.20. The van der Waals surface area contributed by atoms with E-state index in [1.54, 1.807) is 4.90 Å². The highest BCUT2D eigenvalue weighted by Crippen LogP contribution is 2.11. The van der Waals surface area contributed by atoms with Crippen LogP contribution in [0.5, 0.6) is 0 Å². The van der Waals surface area contributed by atoms with Gasteiger partial charge in [0.15, 0.2) is 0 Å². The third kappa shape index (κ3) is 5.36. The van der Waals surface area contributed by atoms with Gasteiger partial charge >= 0.3 is 6.09 Å². The van der Waals surface area contributed by atoms with Crippen molar-refractivity contribution in [2.45, 2.75) is 46.3 Å². The van der Waals surface area contributed by atoms with E-state index < -0.39 is 5.60 Å². The number of carbonyl (C=O) groups is 1. The van der Waals surface area contributed by atoms with E-state index in [-0.39, 0.29) is 24.7 Å². The highest BCUT2D eigenvalue weighted by Gasteiger charge is 2.25. The molecule has 1 heterocycles. The smallest absolute Gasteiger partial charge is 0.410 e. The Balaban J connectivity index is 2.54. The fraction of sp³-hybridized carbons (Fsp3) is 0.857. The van der Waals surface area contributed by atoms with E-state index in [1.165, 1.54) is 0 Å². The van der Waals surface area contributed by atoms with E-state index in [0.717, 1.165) is 5.84 Å². The number of carbonyl (C=O) groups excluding carboxylic acids is 1. The van der Waals surface area contributed by atoms with Crippen molar-refractivity contribution in [3.63, 3.8) is 0 Å². The molecule has 0 saturated heterocycles. The molecule has 2 atom stereocenters. The van der Waals surface area contributed by atoms with Crippen LogP contribution in [-0.2, 0) is 4.74 Å². The van der Waals surface area contributed by atoms with E-state index in [2.05, 4.69) is 10.3 Å². The zero-order chi connectivity index (χ0) is 15.3. The monoisotopic (exact) mass is 285 g/mol. The minimum absolute atomic E-state index is 0.109. The van der Waals surface area contributed by atoms with Crippen LogP contribution in [-0.4, -0.2) is 59.8 Å². The number of aliphatic imine (C=N–C) groups is 1. The topological polar surface area (TPSA) is 74.2 Å². The van der Waals surface area contributed by atoms with Gasteiger partial charge in [-0.2, -0.15) is 0 Å². The minimum atomic E-state index is -0.488. The normalized spacial score (nSPS) is 19.1. The third-order valence-electron chi connectivity index (χ3n) is 3.20. The first-order chi connectivity index (χ1) is 9.23. The first-order valence-electron chi connectivity index (χ1n) is 7.11. The summed E-state index contributed by atoms with van der Waals surface area (Å²) in [7, 11) is 0. The lowest BCUT2D eigenvalue weighted by Crippen LogP contribution is -2.50. The van der Waals surface area contributed by atoms with Crippen molar-refractivity contribution in [2.75, 3.05) is 26.2 Å². The maximum Gasteiger partial charge on any atom is 0.410 e. The predicted molar refractivity (Wildman–Crippen MR) is 79.0 cm³/mol. The van der Waals surface area contributed by atoms with Crippen LogP contribution in [0.3, 0.4) is 0 Å². The van der Waals surface area contributed by atoms with Crippen molar-refractivity contribution < 1.29 is 14.6 Å². The summed E-state index contributed by atoms with van der Waals surface area (Å²) < 4.78 is 5.36. The number of hydrogen-bond acceptors (Lipinski definition) is 5. The molecule has 0 aliphatic carbocycles. The average molecular weight is 285 g/mol. The molecule has 0 spiro atoms. The average Bonchev–Trinajstić information content (AvgIpc) is 2.36. The summed E-state index contributed by atoms with van der Waals surface area (Å²) in [5, 5.41) is 12.4. The second-order valence-corrected chi connectivity index (χ2v) is 6.32. The predicted octanol–water partition coefficient (Wildman–Crippen LogP) is 1.24. The highest BCUT2D eigenvalue weighted by molar-refractivity contribution is 5.88. The summed E-state index contributed by atoms with van der Waals surface area (Å²) in [4.78, 5) is 18.1. The Morgan fingerprint density at radius 2 is 2.15 bits per heavy atom. The second-order valence-electron chi connectivity index (χ2n) is 6.32. The lowest BCUT2D eigenvalue weighted by molar-refractivity contribution is 0.0275. The molecule has 6 heteroatoms. The number of aliphatic hydroxyl groups is 1. The van der Waals surface area contributed by atoms with Gasteiger partial charge in [0.2, 0.25) is 0 Å². The van der Waals surface area contributed by atoms with Gasteiger partial charge in [-0.15, -0.1) is 0 Å². The Labute approximate surface area is 121 Å². The van der Waals surface area contributed by atoms with Crippen molar-refractivity contribution in [1.82, 2.24) is 10.2 Å². The van der Waals surface area contributed by atoms with E-state index in [4.69, 9.17) is 9.84 Å². The summed E-state index contributed by atoms with van der Waals surface area (Å²) in [6.45, 7) is 11.2. The number of nitrogens with zero attached hydrogens (tertiary/aromatic N) is 2. The summed E-state index contributed by atoms with van der Waals surface area (Å²) in [5.74, 6) is 0.907. The number of ether oxygens (including phenoxy) is 1. The van der Waals surface area contributed by atoms with E-state index in [9.17, 15) is 4.79 Å². The van der Waals surface area contributed by atoms with Crippen LogP contribution < -0.4 is 5.32 Å². The van der Waals surface area contributed by atoms with Gasteiger partial charge in [0.25, 0.3) is 0 Å². The second kappa shape index (κ2) is 6.92. The van der Waals surface area contributed by atoms with Crippen LogP contribution in [0.25, 0.3) is 0 Å². The van der Waals surface area contributed by atoms with Crippen molar-refractivity contribution in [3.05, 3.63) is 0 Å². The molecule has 0 bridgehead atoms. The van der Waals surface area contributed by atoms with E-state index in [1.807, 2.05) is 34.6 Å². The van der Waals surface area contributed by atoms with Crippen LogP contribution in [0.2, 0.25) is 0 Å². The van der Waals surface area contributed by atoms with Crippen molar-refractivity contribution >= 4 is 11.9 Å². The van der Waals surface area contributed by atoms with Gasteiger partial charge in [-0.1, -0.05) is 6.92 Å². The van der Waals surface area contributed by atoms with Crippen molar-refractivity contribution in [2.24, 2.45) is 10.9 Å². The molecule has 1 rings (SSSR count). The number of nitrogens with one attached hydrogen (secondary N) is 1. The van der Waals surface area contributed by atoms with Crippen LogP contribution in [0, 0.1) is 5.92 Å². The summed E-state index contributed by atoms with van der Waals surface area (Å²) >= 11 is 0. The Morgan fingerprint density at radius 3 is 2.70 bits per heavy atom. The van der Waals surface area contributed by atoms with E-state index >= 15 is 0 Å². The highest BCUT2D eigenvalue weighted by atomic mass is 16.6. The molecule has 20 heavy (non-hydrogen) atoms. The van der Waals surface area contributed by atoms with Gasteiger partial charge in [-0.05, 0) is 33.6 Å². The maximum absolute atomic E-state index is 12.0. The number of amidine groups is 1. The fourth-order valence-corrected chi connectivity index (χ4v) is 1.75. The molecule has 6 nitrogen and oxygen atoms in total. The van der Waals surface area contributed by atoms with E-state index in [0.29, 0.717) is 19.6 Å². The van der Waals surface area contributed by atoms with Gasteiger partial charge in [0, 0.05) is 19.2 Å². The molecule has 0 saturated carbocycles. The molecule has 2 unspecified atom stereocenters. The molecule has 1 amide bonds. The molecule has 0 radical (unpaired) electrons. The zero-order valence-electron chi connectivity index (χ0n) is 13.1. The molecular weight excluding hydrogens is 258 g/mol. The molecule has 116 valence electrons. The summed E-state index contributed by atoms with van der Waals surface area (Å²) in [6, 6.07) is 0.109. The van der Waals surface area contributed by atoms with Gasteiger partial charge in [0.05, 0.1) is 13.1 Å². The molecule has 0 aromatic heterocycles. The largest absolute Gasteiger partial charge is 0.444 e. The summed E-state index contributed by atoms with van der Waals surface area (Å²) in [5.41, 5.74) is -0.488. The van der Waals surface area contributed by atoms with Crippen LogP contribution in [0.15, 0.2) is 4.99 Å². The van der Waals surface area contributed by atoms with Crippen LogP contribution >= 0.6 is 0 Å². The Bertz CT molecular complexity index is 363. The Hall–Kier alpha value is -1.30. The maximum atomic E-state index is 12.0. The van der Waals surface area contributed by atoms with Crippen molar-refractivity contribution in [1.29, 1.82) is 0 Å².